The Kier molecular flexibility index (Phi) is 6.94. The van der Waals surface area contributed by atoms with E-state index in [2.05, 4.69) is 15.4 Å². The molecule has 0 bridgehead atoms. The van der Waals surface area contributed by atoms with Gasteiger partial charge in [0.2, 0.25) is 18.1 Å². The fourth-order valence-corrected chi connectivity index (χ4v) is 4.01. The van der Waals surface area contributed by atoms with Crippen LogP contribution in [0.4, 0.5) is 0 Å². The number of hydrogen-bond donors (Lipinski definition) is 3. The van der Waals surface area contributed by atoms with Crippen molar-refractivity contribution in [3.63, 3.8) is 0 Å². The van der Waals surface area contributed by atoms with Crippen molar-refractivity contribution < 1.29 is 29.0 Å². The van der Waals surface area contributed by atoms with Crippen LogP contribution in [-0.2, 0) is 25.5 Å². The van der Waals surface area contributed by atoms with Crippen molar-refractivity contribution in [3.8, 4) is 0 Å². The number of carbonyl (C=O) groups is 4. The molecule has 2 fully saturated rings. The minimum absolute atomic E-state index is 0.124. The number of nitrogens with zero attached hydrogens (tertiary/aromatic N) is 1. The Hall–Kier alpha value is -2.65. The summed E-state index contributed by atoms with van der Waals surface area (Å²) in [6.45, 7) is 2.03. The molecule has 2 aliphatic rings. The Morgan fingerprint density at radius 3 is 2.77 bits per heavy atom. The van der Waals surface area contributed by atoms with Crippen molar-refractivity contribution in [1.82, 2.24) is 15.5 Å². The largest absolute Gasteiger partial charge is 0.434 e. The molecule has 2 aliphatic heterocycles. The molecule has 3 amide bonds. The minimum atomic E-state index is -1.39. The normalized spacial score (nSPS) is 23.2. The Balaban J connectivity index is 1.57. The van der Waals surface area contributed by atoms with E-state index in [4.69, 9.17) is 11.6 Å². The van der Waals surface area contributed by atoms with E-state index in [9.17, 15) is 24.3 Å². The summed E-state index contributed by atoms with van der Waals surface area (Å²) in [7, 11) is 0. The molecule has 0 aliphatic carbocycles. The van der Waals surface area contributed by atoms with Gasteiger partial charge in [0.25, 0.3) is 5.91 Å². The Morgan fingerprint density at radius 2 is 2.10 bits per heavy atom. The van der Waals surface area contributed by atoms with E-state index in [0.717, 1.165) is 5.56 Å². The van der Waals surface area contributed by atoms with Gasteiger partial charge in [0.1, 0.15) is 12.1 Å². The van der Waals surface area contributed by atoms with Crippen molar-refractivity contribution >= 4 is 35.3 Å². The molecule has 162 valence electrons. The van der Waals surface area contributed by atoms with Crippen LogP contribution in [-0.4, -0.2) is 65.2 Å². The number of benzene rings is 1. The molecule has 10 heteroatoms. The number of aliphatic hydroxyl groups is 1. The van der Waals surface area contributed by atoms with Crippen molar-refractivity contribution in [2.75, 3.05) is 13.1 Å². The molecule has 1 aromatic rings. The van der Waals surface area contributed by atoms with Gasteiger partial charge in [-0.05, 0) is 30.9 Å². The van der Waals surface area contributed by atoms with Crippen LogP contribution in [0.25, 0.3) is 0 Å². The summed E-state index contributed by atoms with van der Waals surface area (Å²) in [4.78, 5) is 50.2. The standard InChI is InChI=1S/C20H24ClN3O6/c1-2-11-5-3-6-12(17(11)21)18(27)22-10-15(25)24-8-4-7-14(24)19(28)23-13-9-16(26)30-20(13)29/h3,5-6,13-14,20,29H,2,4,7-10H2,1H3,(H,22,27)(H,23,28)/t13-,14-,20+/m0/s1. The molecule has 0 spiro atoms. The second kappa shape index (κ2) is 9.44. The first kappa shape index (κ1) is 22.0. The number of rotatable bonds is 6. The van der Waals surface area contributed by atoms with E-state index in [1.807, 2.05) is 13.0 Å². The third-order valence-electron chi connectivity index (χ3n) is 5.29. The topological polar surface area (TPSA) is 125 Å². The molecule has 3 N–H and O–H groups in total. The van der Waals surface area contributed by atoms with E-state index in [-0.39, 0.29) is 13.0 Å². The van der Waals surface area contributed by atoms with Crippen LogP contribution >= 0.6 is 11.6 Å². The number of halogens is 1. The first-order valence-corrected chi connectivity index (χ1v) is 10.2. The van der Waals surface area contributed by atoms with E-state index >= 15 is 0 Å². The van der Waals surface area contributed by atoms with Crippen molar-refractivity contribution in [1.29, 1.82) is 0 Å². The molecule has 1 aromatic carbocycles. The van der Waals surface area contributed by atoms with Gasteiger partial charge in [-0.2, -0.15) is 0 Å². The highest BCUT2D eigenvalue weighted by atomic mass is 35.5. The second-order valence-electron chi connectivity index (χ2n) is 7.26. The maximum atomic E-state index is 12.6. The number of carbonyl (C=O) groups excluding carboxylic acids is 4. The van der Waals surface area contributed by atoms with Crippen LogP contribution in [0.3, 0.4) is 0 Å². The Morgan fingerprint density at radius 1 is 1.33 bits per heavy atom. The number of hydrogen-bond acceptors (Lipinski definition) is 6. The number of ether oxygens (including phenoxy) is 1. The third kappa shape index (κ3) is 4.73. The fraction of sp³-hybridized carbons (Fsp3) is 0.500. The maximum absolute atomic E-state index is 12.6. The molecule has 0 saturated carbocycles. The van der Waals surface area contributed by atoms with E-state index in [1.165, 1.54) is 4.90 Å². The lowest BCUT2D eigenvalue weighted by atomic mass is 10.1. The molecule has 0 radical (unpaired) electrons. The van der Waals surface area contributed by atoms with Gasteiger partial charge in [0, 0.05) is 6.54 Å². The lowest BCUT2D eigenvalue weighted by Crippen LogP contribution is -2.52. The van der Waals surface area contributed by atoms with E-state index in [0.29, 0.717) is 36.4 Å². The van der Waals surface area contributed by atoms with E-state index < -0.39 is 42.1 Å². The monoisotopic (exact) mass is 437 g/mol. The van der Waals surface area contributed by atoms with Gasteiger partial charge in [-0.1, -0.05) is 30.7 Å². The van der Waals surface area contributed by atoms with E-state index in [1.54, 1.807) is 12.1 Å². The number of esters is 1. The van der Waals surface area contributed by atoms with Crippen molar-refractivity contribution in [2.24, 2.45) is 0 Å². The molecule has 9 nitrogen and oxygen atoms in total. The summed E-state index contributed by atoms with van der Waals surface area (Å²) >= 11 is 6.25. The molecule has 3 rings (SSSR count). The average molecular weight is 438 g/mol. The second-order valence-corrected chi connectivity index (χ2v) is 7.64. The maximum Gasteiger partial charge on any atom is 0.310 e. The van der Waals surface area contributed by atoms with Gasteiger partial charge in [-0.25, -0.2) is 0 Å². The zero-order chi connectivity index (χ0) is 21.8. The molecular weight excluding hydrogens is 414 g/mol. The molecule has 2 heterocycles. The number of aliphatic hydroxyl groups excluding tert-OH is 1. The molecule has 3 atom stereocenters. The number of aryl methyl sites for hydroxylation is 1. The van der Waals surface area contributed by atoms with Gasteiger partial charge in [0.05, 0.1) is 23.6 Å². The molecular formula is C20H24ClN3O6. The van der Waals surface area contributed by atoms with Gasteiger partial charge in [-0.15, -0.1) is 0 Å². The molecule has 0 aromatic heterocycles. The Bertz CT molecular complexity index is 861. The third-order valence-corrected chi connectivity index (χ3v) is 5.74. The van der Waals surface area contributed by atoms with Gasteiger partial charge >= 0.3 is 5.97 Å². The number of nitrogens with one attached hydrogen (secondary N) is 2. The van der Waals surface area contributed by atoms with Crippen LogP contribution in [0, 0.1) is 0 Å². The van der Waals surface area contributed by atoms with Gasteiger partial charge in [0.15, 0.2) is 0 Å². The summed E-state index contributed by atoms with van der Waals surface area (Å²) in [5.41, 5.74) is 1.13. The van der Waals surface area contributed by atoms with Crippen LogP contribution in [0.15, 0.2) is 18.2 Å². The lowest BCUT2D eigenvalue weighted by molar-refractivity contribution is -0.155. The predicted octanol–water partition coefficient (Wildman–Crippen LogP) is 0.373. The smallest absolute Gasteiger partial charge is 0.310 e. The fourth-order valence-electron chi connectivity index (χ4n) is 3.67. The summed E-state index contributed by atoms with van der Waals surface area (Å²) in [5.74, 6) is -1.93. The molecule has 0 unspecified atom stereocenters. The zero-order valence-corrected chi connectivity index (χ0v) is 17.3. The zero-order valence-electron chi connectivity index (χ0n) is 16.5. The number of amides is 3. The Labute approximate surface area is 178 Å². The predicted molar refractivity (Wildman–Crippen MR) is 107 cm³/mol. The van der Waals surface area contributed by atoms with Crippen LogP contribution in [0.1, 0.15) is 42.1 Å². The van der Waals surface area contributed by atoms with Gasteiger partial charge < -0.3 is 25.4 Å². The van der Waals surface area contributed by atoms with Crippen LogP contribution in [0.2, 0.25) is 5.02 Å². The van der Waals surface area contributed by atoms with Gasteiger partial charge in [-0.3, -0.25) is 19.2 Å². The first-order valence-electron chi connectivity index (χ1n) is 9.84. The van der Waals surface area contributed by atoms with Crippen molar-refractivity contribution in [3.05, 3.63) is 34.3 Å². The highest BCUT2D eigenvalue weighted by Crippen LogP contribution is 2.22. The highest BCUT2D eigenvalue weighted by Gasteiger charge is 2.39. The summed E-state index contributed by atoms with van der Waals surface area (Å²) in [5, 5.41) is 15.1. The molecule has 30 heavy (non-hydrogen) atoms. The summed E-state index contributed by atoms with van der Waals surface area (Å²) < 4.78 is 4.61. The van der Waals surface area contributed by atoms with Crippen LogP contribution < -0.4 is 10.6 Å². The molecule has 2 saturated heterocycles. The first-order chi connectivity index (χ1) is 14.3. The SMILES string of the molecule is CCc1cccc(C(=O)NCC(=O)N2CCC[C@H]2C(=O)N[C@H]2CC(=O)O[C@H]2O)c1Cl. The summed E-state index contributed by atoms with van der Waals surface area (Å²) in [6, 6.07) is 3.58. The summed E-state index contributed by atoms with van der Waals surface area (Å²) in [6.07, 6.45) is 0.241. The highest BCUT2D eigenvalue weighted by molar-refractivity contribution is 6.34. The minimum Gasteiger partial charge on any atom is -0.434 e. The van der Waals surface area contributed by atoms with Crippen molar-refractivity contribution in [2.45, 2.75) is 51.0 Å². The number of cyclic esters (lactones) is 1. The lowest BCUT2D eigenvalue weighted by Gasteiger charge is -2.25. The number of likely N-dealkylation sites (tertiary alicyclic amines) is 1. The quantitative estimate of drug-likeness (QED) is 0.552. The van der Waals surface area contributed by atoms with Crippen LogP contribution in [0.5, 0.6) is 0 Å². The average Bonchev–Trinajstić information content (AvgIpc) is 3.32.